The van der Waals surface area contributed by atoms with Gasteiger partial charge in [-0.05, 0) is 17.7 Å². The van der Waals surface area contributed by atoms with Crippen molar-refractivity contribution in [1.29, 1.82) is 0 Å². The van der Waals surface area contributed by atoms with Crippen molar-refractivity contribution >= 4 is 11.9 Å². The summed E-state index contributed by atoms with van der Waals surface area (Å²) in [6.07, 6.45) is 0. The van der Waals surface area contributed by atoms with Gasteiger partial charge in [-0.2, -0.15) is 8.78 Å². The molecule has 2 heterocycles. The smallest absolute Gasteiger partial charge is 0.387 e. The number of imidazole rings is 1. The van der Waals surface area contributed by atoms with Crippen LogP contribution >= 0.6 is 0 Å². The first-order chi connectivity index (χ1) is 13.9. The van der Waals surface area contributed by atoms with Gasteiger partial charge in [0.15, 0.2) is 5.92 Å². The average molecular weight is 424 g/mol. The van der Waals surface area contributed by atoms with E-state index in [9.17, 15) is 23.6 Å². The number of alkyl halides is 2. The predicted octanol–water partition coefficient (Wildman–Crippen LogP) is 2.46. The van der Waals surface area contributed by atoms with Gasteiger partial charge in [0.25, 0.3) is 11.6 Å². The second kappa shape index (κ2) is 7.58. The molecule has 8 nitrogen and oxygen atoms in total. The maximum Gasteiger partial charge on any atom is 0.387 e. The van der Waals surface area contributed by atoms with Crippen LogP contribution in [0.4, 0.5) is 8.78 Å². The van der Waals surface area contributed by atoms with E-state index in [2.05, 4.69) is 4.74 Å². The Morgan fingerprint density at radius 1 is 1.20 bits per heavy atom. The zero-order chi connectivity index (χ0) is 22.4. The summed E-state index contributed by atoms with van der Waals surface area (Å²) in [6, 6.07) is 5.51. The van der Waals surface area contributed by atoms with Gasteiger partial charge in [-0.3, -0.25) is 9.59 Å². The van der Waals surface area contributed by atoms with Crippen LogP contribution in [-0.2, 0) is 26.1 Å². The maximum absolute atomic E-state index is 12.9. The van der Waals surface area contributed by atoms with Gasteiger partial charge < -0.3 is 19.4 Å². The molecule has 1 atom stereocenters. The highest BCUT2D eigenvalue weighted by Gasteiger charge is 2.51. The second-order valence-electron chi connectivity index (χ2n) is 7.53. The monoisotopic (exact) mass is 424 g/mol. The number of carbonyl (C=O) groups is 2. The number of carbonyl (C=O) groups excluding carboxylic acids is 2. The molecule has 0 saturated carbocycles. The lowest BCUT2D eigenvalue weighted by Gasteiger charge is -2.35. The van der Waals surface area contributed by atoms with Crippen LogP contribution in [0.15, 0.2) is 24.3 Å². The predicted molar refractivity (Wildman–Crippen MR) is 98.5 cm³/mol. The molecule has 0 radical (unpaired) electrons. The molecule has 30 heavy (non-hydrogen) atoms. The summed E-state index contributed by atoms with van der Waals surface area (Å²) in [5.41, 5.74) is 1.23. The highest BCUT2D eigenvalue weighted by atomic mass is 19.3. The van der Waals surface area contributed by atoms with Gasteiger partial charge in [0, 0.05) is 27.7 Å². The van der Waals surface area contributed by atoms with Crippen molar-refractivity contribution in [3.05, 3.63) is 52.2 Å². The Bertz CT molecular complexity index is 956. The number of nitrogens with zero attached hydrogens (tertiary/aromatic N) is 2. The number of esters is 2. The Morgan fingerprint density at radius 2 is 1.80 bits per heavy atom. The zero-order valence-electron chi connectivity index (χ0n) is 17.1. The topological polar surface area (TPSA) is 93.7 Å². The normalized spacial score (nSPS) is 17.6. The maximum atomic E-state index is 12.9. The highest BCUT2D eigenvalue weighted by molar-refractivity contribution is 5.98. The first-order valence-electron chi connectivity index (χ1n) is 9.18. The summed E-state index contributed by atoms with van der Waals surface area (Å²) in [4.78, 5) is 25.6. The quantitative estimate of drug-likeness (QED) is 0.317. The fraction of sp³-hybridized carbons (Fsp3) is 0.450. The Hall–Kier alpha value is -3.17. The molecular formula is C20H22F2N2O6. The van der Waals surface area contributed by atoms with Gasteiger partial charge in [-0.1, -0.05) is 12.1 Å². The standard InChI is InChI=1S/C20H22F2N2O6/c1-10-11(2)24(27)16(23(10)5)14(12-7-6-8-13(9-12)28-19(21)22)15-17(25)29-20(3,4)30-18(15)26/h6-9,14-15,19H,1-5H3/t14-/m1/s1. The Kier molecular flexibility index (Phi) is 5.44. The molecule has 1 saturated heterocycles. The lowest BCUT2D eigenvalue weighted by Crippen LogP contribution is -2.50. The molecule has 0 N–H and O–H groups in total. The van der Waals surface area contributed by atoms with Gasteiger partial charge in [-0.15, -0.1) is 0 Å². The summed E-state index contributed by atoms with van der Waals surface area (Å²) in [7, 11) is 1.61. The first kappa shape index (κ1) is 21.5. The molecule has 0 spiro atoms. The largest absolute Gasteiger partial charge is 0.711 e. The van der Waals surface area contributed by atoms with Crippen LogP contribution in [-0.4, -0.2) is 28.9 Å². The minimum Gasteiger partial charge on any atom is -0.711 e. The van der Waals surface area contributed by atoms with E-state index in [1.165, 1.54) is 38.1 Å². The molecule has 3 rings (SSSR count). The fourth-order valence-electron chi connectivity index (χ4n) is 3.58. The fourth-order valence-corrected chi connectivity index (χ4v) is 3.58. The molecule has 0 bridgehead atoms. The van der Waals surface area contributed by atoms with Crippen LogP contribution in [0.5, 0.6) is 5.75 Å². The van der Waals surface area contributed by atoms with E-state index < -0.39 is 36.2 Å². The van der Waals surface area contributed by atoms with Crippen molar-refractivity contribution in [1.82, 2.24) is 4.57 Å². The number of halogens is 2. The molecule has 0 aliphatic carbocycles. The molecule has 162 valence electrons. The summed E-state index contributed by atoms with van der Waals surface area (Å²) in [5, 5.41) is 12.9. The Balaban J connectivity index is 2.20. The third-order valence-corrected chi connectivity index (χ3v) is 5.14. The molecular weight excluding hydrogens is 402 g/mol. The third kappa shape index (κ3) is 3.81. The van der Waals surface area contributed by atoms with E-state index in [0.29, 0.717) is 16.1 Å². The summed E-state index contributed by atoms with van der Waals surface area (Å²) < 4.78 is 42.5. The molecule has 10 heteroatoms. The van der Waals surface area contributed by atoms with Crippen LogP contribution < -0.4 is 9.47 Å². The van der Waals surface area contributed by atoms with Crippen molar-refractivity contribution in [2.24, 2.45) is 13.0 Å². The Labute approximate surface area is 171 Å². The van der Waals surface area contributed by atoms with Crippen LogP contribution in [0.1, 0.15) is 42.5 Å². The van der Waals surface area contributed by atoms with E-state index in [1.807, 2.05) is 0 Å². The molecule has 1 aromatic carbocycles. The van der Waals surface area contributed by atoms with Crippen molar-refractivity contribution in [3.63, 3.8) is 0 Å². The van der Waals surface area contributed by atoms with E-state index in [1.54, 1.807) is 25.5 Å². The lowest BCUT2D eigenvalue weighted by atomic mass is 9.84. The van der Waals surface area contributed by atoms with Crippen molar-refractivity contribution in [3.8, 4) is 5.75 Å². The third-order valence-electron chi connectivity index (χ3n) is 5.14. The van der Waals surface area contributed by atoms with Crippen LogP contribution in [0.25, 0.3) is 0 Å². The number of benzene rings is 1. The summed E-state index contributed by atoms with van der Waals surface area (Å²) in [5.74, 6) is -5.98. The lowest BCUT2D eigenvalue weighted by molar-refractivity contribution is -0.621. The molecule has 0 unspecified atom stereocenters. The summed E-state index contributed by atoms with van der Waals surface area (Å²) in [6.45, 7) is 3.07. The summed E-state index contributed by atoms with van der Waals surface area (Å²) >= 11 is 0. The van der Waals surface area contributed by atoms with Crippen molar-refractivity contribution < 1.29 is 37.3 Å². The second-order valence-corrected chi connectivity index (χ2v) is 7.53. The van der Waals surface area contributed by atoms with Crippen LogP contribution in [0.2, 0.25) is 0 Å². The average Bonchev–Trinajstić information content (AvgIpc) is 2.80. The Morgan fingerprint density at radius 3 is 2.30 bits per heavy atom. The van der Waals surface area contributed by atoms with Gasteiger partial charge in [0.2, 0.25) is 0 Å². The van der Waals surface area contributed by atoms with E-state index in [-0.39, 0.29) is 17.1 Å². The van der Waals surface area contributed by atoms with Gasteiger partial charge >= 0.3 is 18.6 Å². The molecule has 1 aromatic heterocycles. The van der Waals surface area contributed by atoms with Gasteiger partial charge in [0.1, 0.15) is 23.1 Å². The van der Waals surface area contributed by atoms with Crippen LogP contribution in [0, 0.1) is 25.0 Å². The first-order valence-corrected chi connectivity index (χ1v) is 9.18. The number of hydrogen-bond acceptors (Lipinski definition) is 6. The number of cyclic esters (lactones) is 2. The molecule has 2 aromatic rings. The minimum atomic E-state index is -3.06. The molecule has 1 aliphatic heterocycles. The zero-order valence-corrected chi connectivity index (χ0v) is 17.1. The molecule has 1 aliphatic rings. The minimum absolute atomic E-state index is 0.0674. The molecule has 0 amide bonds. The number of rotatable bonds is 5. The van der Waals surface area contributed by atoms with E-state index >= 15 is 0 Å². The van der Waals surface area contributed by atoms with Gasteiger partial charge in [0.05, 0.1) is 7.05 Å². The number of aromatic nitrogens is 2. The van der Waals surface area contributed by atoms with Crippen LogP contribution in [0.3, 0.4) is 0 Å². The SMILES string of the molecule is Cc1c(C)[n+]([O-])c([C@H](c2cccc(OC(F)F)c2)C2C(=O)OC(C)(C)OC2=O)n1C. The van der Waals surface area contributed by atoms with E-state index in [4.69, 9.17) is 9.47 Å². The highest BCUT2D eigenvalue weighted by Crippen LogP contribution is 2.38. The van der Waals surface area contributed by atoms with Gasteiger partial charge in [-0.25, -0.2) is 9.30 Å². The van der Waals surface area contributed by atoms with E-state index in [0.717, 1.165) is 0 Å². The van der Waals surface area contributed by atoms with Crippen molar-refractivity contribution in [2.45, 2.75) is 46.0 Å². The number of hydrogen-bond donors (Lipinski definition) is 0. The molecule has 1 fully saturated rings. The van der Waals surface area contributed by atoms with Crippen molar-refractivity contribution in [2.75, 3.05) is 0 Å². The number of ether oxygens (including phenoxy) is 3.